The lowest BCUT2D eigenvalue weighted by Crippen LogP contribution is -2.32. The molecule has 0 bridgehead atoms. The second kappa shape index (κ2) is 7.46. The first kappa shape index (κ1) is 15.8. The zero-order chi connectivity index (χ0) is 15.2. The van der Waals surface area contributed by atoms with E-state index in [4.69, 9.17) is 15.3 Å². The Morgan fingerprint density at radius 2 is 2.24 bits per heavy atom. The summed E-state index contributed by atoms with van der Waals surface area (Å²) in [7, 11) is 3.20. The van der Waals surface area contributed by atoms with Crippen LogP contribution in [0.4, 0.5) is 0 Å². The van der Waals surface area contributed by atoms with Crippen LogP contribution >= 0.6 is 15.9 Å². The van der Waals surface area contributed by atoms with Gasteiger partial charge in [-0.3, -0.25) is 10.5 Å². The highest BCUT2D eigenvalue weighted by molar-refractivity contribution is 9.10. The van der Waals surface area contributed by atoms with E-state index in [1.54, 1.807) is 26.5 Å². The fourth-order valence-corrected chi connectivity index (χ4v) is 2.47. The molecule has 1 atom stereocenters. The Kier molecular flexibility index (Phi) is 5.62. The van der Waals surface area contributed by atoms with Crippen molar-refractivity contribution in [2.45, 2.75) is 12.6 Å². The molecule has 0 saturated heterocycles. The van der Waals surface area contributed by atoms with Crippen LogP contribution in [-0.2, 0) is 11.3 Å². The number of nitrogens with zero attached hydrogens (tertiary/aromatic N) is 4. The summed E-state index contributed by atoms with van der Waals surface area (Å²) in [6.45, 7) is 1.16. The molecule has 0 aliphatic carbocycles. The van der Waals surface area contributed by atoms with E-state index in [1.807, 2.05) is 4.68 Å². The fraction of sp³-hybridized carbons (Fsp3) is 0.417. The average Bonchev–Trinajstić information content (AvgIpc) is 2.88. The highest BCUT2D eigenvalue weighted by Crippen LogP contribution is 2.28. The summed E-state index contributed by atoms with van der Waals surface area (Å²) in [6, 6.07) is 1.38. The lowest BCUT2D eigenvalue weighted by atomic mass is 10.1. The average molecular weight is 357 g/mol. The molecule has 0 saturated carbocycles. The van der Waals surface area contributed by atoms with Crippen LogP contribution < -0.4 is 16.0 Å². The fourth-order valence-electron chi connectivity index (χ4n) is 1.94. The molecular formula is C12H17BrN6O2. The van der Waals surface area contributed by atoms with Gasteiger partial charge in [-0.05, 0) is 15.9 Å². The van der Waals surface area contributed by atoms with Crippen molar-refractivity contribution >= 4 is 15.9 Å². The summed E-state index contributed by atoms with van der Waals surface area (Å²) < 4.78 is 12.9. The van der Waals surface area contributed by atoms with Crippen molar-refractivity contribution in [3.8, 4) is 5.88 Å². The first-order valence-electron chi connectivity index (χ1n) is 6.23. The molecule has 8 nitrogen and oxygen atoms in total. The third-order valence-electron chi connectivity index (χ3n) is 2.95. The van der Waals surface area contributed by atoms with Gasteiger partial charge in [-0.1, -0.05) is 0 Å². The van der Waals surface area contributed by atoms with Crippen molar-refractivity contribution in [3.05, 3.63) is 34.5 Å². The number of rotatable bonds is 7. The van der Waals surface area contributed by atoms with Gasteiger partial charge in [0.15, 0.2) is 0 Å². The first-order valence-corrected chi connectivity index (χ1v) is 7.02. The molecule has 0 radical (unpaired) electrons. The number of ether oxygens (including phenoxy) is 2. The molecule has 9 heteroatoms. The molecule has 2 heterocycles. The largest absolute Gasteiger partial charge is 0.481 e. The minimum Gasteiger partial charge on any atom is -0.481 e. The van der Waals surface area contributed by atoms with Gasteiger partial charge in [-0.15, -0.1) is 0 Å². The maximum absolute atomic E-state index is 5.71. The molecule has 21 heavy (non-hydrogen) atoms. The van der Waals surface area contributed by atoms with Gasteiger partial charge in [-0.25, -0.2) is 15.4 Å². The Morgan fingerprint density at radius 1 is 1.43 bits per heavy atom. The van der Waals surface area contributed by atoms with Crippen molar-refractivity contribution in [1.82, 2.24) is 25.2 Å². The minimum atomic E-state index is -0.351. The lowest BCUT2D eigenvalue weighted by molar-refractivity contribution is 0.182. The normalized spacial score (nSPS) is 12.4. The second-order valence-electron chi connectivity index (χ2n) is 4.18. The molecule has 2 aromatic heterocycles. The molecule has 0 spiro atoms. The Bertz CT molecular complexity index is 591. The zero-order valence-corrected chi connectivity index (χ0v) is 13.4. The van der Waals surface area contributed by atoms with Gasteiger partial charge in [0.1, 0.15) is 12.4 Å². The highest BCUT2D eigenvalue weighted by atomic mass is 79.9. The molecule has 0 aromatic carbocycles. The predicted molar refractivity (Wildman–Crippen MR) is 79.6 cm³/mol. The number of hydrazine groups is 1. The van der Waals surface area contributed by atoms with Gasteiger partial charge in [0.25, 0.3) is 0 Å². The standard InChI is InChI=1S/C12H17BrN6O2/c1-20-4-3-19-12(8(13)6-17-19)11(18-14)9-5-10(21-2)16-7-15-9/h5-7,11,18H,3-4,14H2,1-2H3. The van der Waals surface area contributed by atoms with Gasteiger partial charge in [0.05, 0.1) is 42.3 Å². The van der Waals surface area contributed by atoms with Gasteiger partial charge in [0, 0.05) is 13.2 Å². The second-order valence-corrected chi connectivity index (χ2v) is 5.03. The summed E-state index contributed by atoms with van der Waals surface area (Å²) >= 11 is 3.49. The van der Waals surface area contributed by atoms with Gasteiger partial charge < -0.3 is 9.47 Å². The molecule has 2 rings (SSSR count). The molecular weight excluding hydrogens is 340 g/mol. The Hall–Kier alpha value is -1.55. The molecule has 3 N–H and O–H groups in total. The maximum atomic E-state index is 5.71. The van der Waals surface area contributed by atoms with E-state index >= 15 is 0 Å². The van der Waals surface area contributed by atoms with Gasteiger partial charge in [0.2, 0.25) is 5.88 Å². The van der Waals surface area contributed by atoms with E-state index in [1.165, 1.54) is 6.33 Å². The van der Waals surface area contributed by atoms with E-state index in [9.17, 15) is 0 Å². The van der Waals surface area contributed by atoms with Crippen LogP contribution in [-0.4, -0.2) is 40.6 Å². The molecule has 0 aliphatic heterocycles. The summed E-state index contributed by atoms with van der Waals surface area (Å²) in [5.41, 5.74) is 4.29. The van der Waals surface area contributed by atoms with Crippen LogP contribution in [0.3, 0.4) is 0 Å². The number of halogens is 1. The lowest BCUT2D eigenvalue weighted by Gasteiger charge is -2.18. The predicted octanol–water partition coefficient (Wildman–Crippen LogP) is 0.643. The summed E-state index contributed by atoms with van der Waals surface area (Å²) in [4.78, 5) is 8.24. The van der Waals surface area contributed by atoms with E-state index in [0.717, 1.165) is 10.2 Å². The van der Waals surface area contributed by atoms with Crippen molar-refractivity contribution in [2.75, 3.05) is 20.8 Å². The number of aromatic nitrogens is 4. The van der Waals surface area contributed by atoms with Gasteiger partial charge >= 0.3 is 0 Å². The monoisotopic (exact) mass is 356 g/mol. The first-order chi connectivity index (χ1) is 10.2. The minimum absolute atomic E-state index is 0.351. The number of nitrogens with one attached hydrogen (secondary N) is 1. The van der Waals surface area contributed by atoms with Gasteiger partial charge in [-0.2, -0.15) is 5.10 Å². The van der Waals surface area contributed by atoms with Crippen molar-refractivity contribution in [1.29, 1.82) is 0 Å². The number of methoxy groups -OCH3 is 2. The Morgan fingerprint density at radius 3 is 2.90 bits per heavy atom. The van der Waals surface area contributed by atoms with Crippen LogP contribution in [0.15, 0.2) is 23.1 Å². The quantitative estimate of drug-likeness (QED) is 0.554. The number of hydrogen-bond acceptors (Lipinski definition) is 7. The zero-order valence-electron chi connectivity index (χ0n) is 11.8. The molecule has 0 fully saturated rings. The summed E-state index contributed by atoms with van der Waals surface area (Å²) in [6.07, 6.45) is 3.15. The van der Waals surface area contributed by atoms with E-state index < -0.39 is 0 Å². The third-order valence-corrected chi connectivity index (χ3v) is 3.56. The molecule has 2 aromatic rings. The summed E-state index contributed by atoms with van der Waals surface area (Å²) in [5, 5.41) is 4.31. The van der Waals surface area contributed by atoms with Crippen molar-refractivity contribution in [2.24, 2.45) is 5.84 Å². The van der Waals surface area contributed by atoms with Crippen molar-refractivity contribution in [3.63, 3.8) is 0 Å². The number of hydrogen-bond donors (Lipinski definition) is 2. The summed E-state index contributed by atoms with van der Waals surface area (Å²) in [5.74, 6) is 6.18. The smallest absolute Gasteiger partial charge is 0.216 e. The Balaban J connectivity index is 2.38. The molecule has 1 unspecified atom stereocenters. The molecule has 0 amide bonds. The molecule has 114 valence electrons. The van der Waals surface area contributed by atoms with E-state index in [0.29, 0.717) is 24.7 Å². The third kappa shape index (κ3) is 3.56. The SMILES string of the molecule is COCCn1ncc(Br)c1C(NN)c1cc(OC)ncn1. The highest BCUT2D eigenvalue weighted by Gasteiger charge is 2.22. The van der Waals surface area contributed by atoms with Crippen LogP contribution in [0.2, 0.25) is 0 Å². The molecule has 0 aliphatic rings. The number of nitrogens with two attached hydrogens (primary N) is 1. The van der Waals surface area contributed by atoms with Crippen LogP contribution in [0.1, 0.15) is 17.4 Å². The Labute approximate surface area is 130 Å². The van der Waals surface area contributed by atoms with Crippen LogP contribution in [0.25, 0.3) is 0 Å². The van der Waals surface area contributed by atoms with Crippen molar-refractivity contribution < 1.29 is 9.47 Å². The maximum Gasteiger partial charge on any atom is 0.216 e. The van der Waals surface area contributed by atoms with E-state index in [2.05, 4.69) is 36.4 Å². The van der Waals surface area contributed by atoms with Crippen LogP contribution in [0.5, 0.6) is 5.88 Å². The van der Waals surface area contributed by atoms with E-state index in [-0.39, 0.29) is 6.04 Å². The van der Waals surface area contributed by atoms with Crippen LogP contribution in [0, 0.1) is 0 Å². The topological polar surface area (TPSA) is 100 Å².